The molecule has 1 unspecified atom stereocenters. The molecule has 1 aromatic carbocycles. The van der Waals surface area contributed by atoms with Crippen molar-refractivity contribution in [3.8, 4) is 0 Å². The Hall–Kier alpha value is -1.40. The molecule has 0 saturated carbocycles. The number of carbonyl (C=O) groups excluding carboxylic acids is 1. The third kappa shape index (κ3) is 1.86. The molecule has 0 spiro atoms. The molecule has 2 rings (SSSR count). The van der Waals surface area contributed by atoms with Crippen molar-refractivity contribution in [2.75, 3.05) is 11.4 Å². The number of amides is 1. The first-order chi connectivity index (χ1) is 8.73. The van der Waals surface area contributed by atoms with Crippen LogP contribution in [0, 0.1) is 0 Å². The summed E-state index contributed by atoms with van der Waals surface area (Å²) in [5, 5.41) is 3.08. The van der Waals surface area contributed by atoms with Crippen LogP contribution in [0.25, 0.3) is 0 Å². The van der Waals surface area contributed by atoms with Crippen LogP contribution in [0.2, 0.25) is 0 Å². The Labute approximate surface area is 113 Å². The van der Waals surface area contributed by atoms with Crippen LogP contribution in [-0.4, -0.2) is 26.1 Å². The van der Waals surface area contributed by atoms with Gasteiger partial charge in [-0.05, 0) is 45.5 Å². The molecule has 0 aromatic heterocycles. The molecule has 6 heteroatoms. The monoisotopic (exact) mass is 282 g/mol. The van der Waals surface area contributed by atoms with Crippen molar-refractivity contribution in [3.63, 3.8) is 0 Å². The molecule has 1 fully saturated rings. The van der Waals surface area contributed by atoms with Crippen molar-refractivity contribution in [1.82, 2.24) is 5.32 Å². The normalized spacial score (nSPS) is 21.9. The Morgan fingerprint density at radius 2 is 1.95 bits per heavy atom. The van der Waals surface area contributed by atoms with Crippen molar-refractivity contribution in [3.05, 3.63) is 29.8 Å². The molecule has 5 nitrogen and oxygen atoms in total. The van der Waals surface area contributed by atoms with Gasteiger partial charge in [0.15, 0.2) is 4.75 Å². The Kier molecular flexibility index (Phi) is 3.18. The molecule has 19 heavy (non-hydrogen) atoms. The number of nitrogens with zero attached hydrogens (tertiary/aromatic N) is 1. The lowest BCUT2D eigenvalue weighted by Crippen LogP contribution is -2.67. The zero-order valence-electron chi connectivity index (χ0n) is 11.5. The van der Waals surface area contributed by atoms with E-state index < -0.39 is 14.8 Å². The van der Waals surface area contributed by atoms with Gasteiger partial charge in [0.2, 0.25) is 0 Å². The van der Waals surface area contributed by atoms with E-state index >= 15 is 0 Å². The van der Waals surface area contributed by atoms with E-state index in [0.29, 0.717) is 5.69 Å². The second kappa shape index (κ2) is 4.31. The number of hydrogen-bond acceptors (Lipinski definition) is 4. The lowest BCUT2D eigenvalue weighted by atomic mass is 10.1. The van der Waals surface area contributed by atoms with Crippen LogP contribution in [0.15, 0.2) is 24.3 Å². The lowest BCUT2D eigenvalue weighted by Gasteiger charge is -2.43. The van der Waals surface area contributed by atoms with Gasteiger partial charge in [-0.3, -0.25) is 4.79 Å². The van der Waals surface area contributed by atoms with Gasteiger partial charge >= 0.3 is 0 Å². The maximum absolute atomic E-state index is 12.1. The van der Waals surface area contributed by atoms with Gasteiger partial charge in [-0.15, -0.1) is 0 Å². The van der Waals surface area contributed by atoms with Crippen molar-refractivity contribution in [2.45, 2.75) is 31.6 Å². The van der Waals surface area contributed by atoms with Gasteiger partial charge < -0.3 is 5.32 Å². The minimum absolute atomic E-state index is 0.0899. The summed E-state index contributed by atoms with van der Waals surface area (Å²) in [5.74, 6) is -0.387. The van der Waals surface area contributed by atoms with Crippen LogP contribution in [0.5, 0.6) is 0 Å². The molecule has 1 N–H and O–H groups in total. The van der Waals surface area contributed by atoms with Crippen molar-refractivity contribution < 1.29 is 13.2 Å². The Morgan fingerprint density at radius 1 is 1.32 bits per heavy atom. The summed E-state index contributed by atoms with van der Waals surface area (Å²) in [6.45, 7) is 4.83. The van der Waals surface area contributed by atoms with E-state index in [9.17, 15) is 13.2 Å². The number of benzene rings is 1. The highest BCUT2D eigenvalue weighted by atomic mass is 32.2. The van der Waals surface area contributed by atoms with Crippen LogP contribution in [-0.2, 0) is 14.8 Å². The van der Waals surface area contributed by atoms with Gasteiger partial charge in [-0.25, -0.2) is 12.7 Å². The van der Waals surface area contributed by atoms with Gasteiger partial charge in [0.25, 0.3) is 15.9 Å². The highest BCUT2D eigenvalue weighted by Crippen LogP contribution is 2.39. The molecule has 104 valence electrons. The van der Waals surface area contributed by atoms with E-state index in [1.165, 1.54) is 13.8 Å². The summed E-state index contributed by atoms with van der Waals surface area (Å²) in [6.07, 6.45) is 0. The van der Waals surface area contributed by atoms with Gasteiger partial charge in [0, 0.05) is 6.04 Å². The molecule has 0 radical (unpaired) electrons. The molecular formula is C13H18N2O3S. The molecule has 1 amide bonds. The molecule has 0 bridgehead atoms. The number of carbonyl (C=O) groups is 1. The summed E-state index contributed by atoms with van der Waals surface area (Å²) in [5.41, 5.74) is 1.34. The maximum atomic E-state index is 12.1. The van der Waals surface area contributed by atoms with Crippen LogP contribution in [0.4, 0.5) is 5.69 Å². The first-order valence-corrected chi connectivity index (χ1v) is 7.54. The Morgan fingerprint density at radius 3 is 2.47 bits per heavy atom. The highest BCUT2D eigenvalue weighted by Gasteiger charge is 2.60. The molecule has 1 heterocycles. The van der Waals surface area contributed by atoms with Crippen LogP contribution in [0.1, 0.15) is 32.4 Å². The number of sulfonamides is 1. The molecule has 0 aliphatic carbocycles. The summed E-state index contributed by atoms with van der Waals surface area (Å²) < 4.78 is 23.8. The lowest BCUT2D eigenvalue weighted by molar-refractivity contribution is -0.120. The molecule has 1 atom stereocenters. The van der Waals surface area contributed by atoms with Gasteiger partial charge in [-0.1, -0.05) is 12.1 Å². The Bertz CT molecular complexity index is 623. The quantitative estimate of drug-likeness (QED) is 0.910. The summed E-state index contributed by atoms with van der Waals surface area (Å²) in [6, 6.07) is 7.11. The van der Waals surface area contributed by atoms with E-state index in [-0.39, 0.29) is 11.9 Å². The van der Waals surface area contributed by atoms with Gasteiger partial charge in [0.1, 0.15) is 0 Å². The number of anilines is 1. The fourth-order valence-corrected chi connectivity index (χ4v) is 3.47. The second-order valence-electron chi connectivity index (χ2n) is 5.19. The van der Waals surface area contributed by atoms with E-state index in [4.69, 9.17) is 0 Å². The van der Waals surface area contributed by atoms with Crippen molar-refractivity contribution in [2.24, 2.45) is 0 Å². The first-order valence-electron chi connectivity index (χ1n) is 6.10. The average Bonchev–Trinajstić information content (AvgIpc) is 2.37. The first kappa shape index (κ1) is 14.0. The average molecular weight is 282 g/mol. The van der Waals surface area contributed by atoms with Gasteiger partial charge in [0.05, 0.1) is 5.69 Å². The standard InChI is InChI=1S/C13H18N2O3S/c1-9(14-4)10-6-5-7-11(8-10)15-12(16)13(2,3)19(15,17)18/h5-9,14H,1-4H3. The number of hydrogen-bond donors (Lipinski definition) is 1. The van der Waals surface area contributed by atoms with Crippen LogP contribution in [0.3, 0.4) is 0 Å². The van der Waals surface area contributed by atoms with Crippen molar-refractivity contribution >= 4 is 21.6 Å². The molecule has 1 aromatic rings. The minimum Gasteiger partial charge on any atom is -0.313 e. The predicted molar refractivity (Wildman–Crippen MR) is 74.4 cm³/mol. The van der Waals surface area contributed by atoms with Gasteiger partial charge in [-0.2, -0.15) is 0 Å². The SMILES string of the molecule is CNC(C)c1cccc(N2C(=O)C(C)(C)S2(=O)=O)c1. The smallest absolute Gasteiger partial charge is 0.263 e. The predicted octanol–water partition coefficient (Wildman–Crippen LogP) is 1.42. The minimum atomic E-state index is -3.59. The molecule has 1 aliphatic heterocycles. The molecular weight excluding hydrogens is 264 g/mol. The van der Waals surface area contributed by atoms with E-state index in [1.54, 1.807) is 18.2 Å². The molecule has 1 aliphatic rings. The second-order valence-corrected chi connectivity index (χ2v) is 7.53. The summed E-state index contributed by atoms with van der Waals surface area (Å²) in [4.78, 5) is 12.0. The maximum Gasteiger partial charge on any atom is 0.263 e. The summed E-state index contributed by atoms with van der Waals surface area (Å²) in [7, 11) is -1.76. The van der Waals surface area contributed by atoms with Crippen LogP contribution >= 0.6 is 0 Å². The van der Waals surface area contributed by atoms with Crippen molar-refractivity contribution in [1.29, 1.82) is 0 Å². The molecule has 1 saturated heterocycles. The van der Waals surface area contributed by atoms with E-state index in [1.807, 2.05) is 20.0 Å². The third-order valence-corrected chi connectivity index (χ3v) is 5.94. The largest absolute Gasteiger partial charge is 0.313 e. The zero-order chi connectivity index (χ0) is 14.4. The number of nitrogens with one attached hydrogen (secondary N) is 1. The fraction of sp³-hybridized carbons (Fsp3) is 0.462. The summed E-state index contributed by atoms with van der Waals surface area (Å²) >= 11 is 0. The highest BCUT2D eigenvalue weighted by molar-refractivity contribution is 7.98. The topological polar surface area (TPSA) is 66.5 Å². The van der Waals surface area contributed by atoms with E-state index in [0.717, 1.165) is 9.87 Å². The fourth-order valence-electron chi connectivity index (χ4n) is 2.00. The van der Waals surface area contributed by atoms with E-state index in [2.05, 4.69) is 5.32 Å². The van der Waals surface area contributed by atoms with Crippen LogP contribution < -0.4 is 9.62 Å². The third-order valence-electron chi connectivity index (χ3n) is 3.62. The number of rotatable bonds is 3. The Balaban J connectivity index is 2.43. The zero-order valence-corrected chi connectivity index (χ0v) is 12.3.